The van der Waals surface area contributed by atoms with Crippen LogP contribution < -0.4 is 4.72 Å². The number of hydrogen-bond acceptors (Lipinski definition) is 3. The Morgan fingerprint density at radius 3 is 2.87 bits per heavy atom. The van der Waals surface area contributed by atoms with Crippen LogP contribution in [0.5, 0.6) is 0 Å². The van der Waals surface area contributed by atoms with Crippen molar-refractivity contribution in [3.63, 3.8) is 0 Å². The van der Waals surface area contributed by atoms with Crippen molar-refractivity contribution in [2.45, 2.75) is 50.3 Å². The SMILES string of the molecule is C[C@@H]1CCCN(CCCNS(=O)(=O)c2ccc3c(c2)CCC3)C1. The maximum Gasteiger partial charge on any atom is 0.240 e. The Balaban J connectivity index is 1.49. The summed E-state index contributed by atoms with van der Waals surface area (Å²) in [5, 5.41) is 0. The summed E-state index contributed by atoms with van der Waals surface area (Å²) in [6.45, 7) is 6.10. The van der Waals surface area contributed by atoms with Gasteiger partial charge in [0.2, 0.25) is 10.0 Å². The highest BCUT2D eigenvalue weighted by Crippen LogP contribution is 2.24. The minimum absolute atomic E-state index is 0.421. The van der Waals surface area contributed by atoms with Gasteiger partial charge in [0.15, 0.2) is 0 Å². The molecule has 3 rings (SSSR count). The van der Waals surface area contributed by atoms with Crippen LogP contribution in [-0.2, 0) is 22.9 Å². The van der Waals surface area contributed by atoms with Crippen LogP contribution in [0, 0.1) is 5.92 Å². The third-order valence-electron chi connectivity index (χ3n) is 5.06. The van der Waals surface area contributed by atoms with Gasteiger partial charge in [-0.25, -0.2) is 13.1 Å². The molecule has 1 N–H and O–H groups in total. The third kappa shape index (κ3) is 4.34. The van der Waals surface area contributed by atoms with E-state index in [1.165, 1.54) is 24.0 Å². The fraction of sp³-hybridized carbons (Fsp3) is 0.667. The van der Waals surface area contributed by atoms with E-state index >= 15 is 0 Å². The summed E-state index contributed by atoms with van der Waals surface area (Å²) < 4.78 is 27.6. The molecule has 0 unspecified atom stereocenters. The highest BCUT2D eigenvalue weighted by atomic mass is 32.2. The predicted molar refractivity (Wildman–Crippen MR) is 93.1 cm³/mol. The van der Waals surface area contributed by atoms with E-state index in [-0.39, 0.29) is 0 Å². The molecule has 1 fully saturated rings. The van der Waals surface area contributed by atoms with Gasteiger partial charge in [0.05, 0.1) is 4.90 Å². The summed E-state index contributed by atoms with van der Waals surface area (Å²) in [6.07, 6.45) is 6.68. The highest BCUT2D eigenvalue weighted by Gasteiger charge is 2.19. The monoisotopic (exact) mass is 336 g/mol. The number of nitrogens with zero attached hydrogens (tertiary/aromatic N) is 1. The number of sulfonamides is 1. The fourth-order valence-corrected chi connectivity index (χ4v) is 4.92. The van der Waals surface area contributed by atoms with Crippen molar-refractivity contribution < 1.29 is 8.42 Å². The van der Waals surface area contributed by atoms with Crippen molar-refractivity contribution in [3.8, 4) is 0 Å². The van der Waals surface area contributed by atoms with E-state index in [0.717, 1.165) is 51.2 Å². The van der Waals surface area contributed by atoms with Gasteiger partial charge in [-0.05, 0) is 80.8 Å². The second kappa shape index (κ2) is 7.32. The van der Waals surface area contributed by atoms with Gasteiger partial charge in [0, 0.05) is 13.1 Å². The van der Waals surface area contributed by atoms with E-state index in [2.05, 4.69) is 16.5 Å². The molecule has 1 atom stereocenters. The van der Waals surface area contributed by atoms with E-state index in [9.17, 15) is 8.42 Å². The van der Waals surface area contributed by atoms with Crippen LogP contribution >= 0.6 is 0 Å². The molecule has 1 heterocycles. The van der Waals surface area contributed by atoms with Crippen LogP contribution in [-0.4, -0.2) is 39.5 Å². The summed E-state index contributed by atoms with van der Waals surface area (Å²) in [5.74, 6) is 0.770. The molecule has 1 aliphatic heterocycles. The lowest BCUT2D eigenvalue weighted by molar-refractivity contribution is 0.182. The van der Waals surface area contributed by atoms with Crippen LogP contribution in [0.2, 0.25) is 0 Å². The molecular formula is C18H28N2O2S. The van der Waals surface area contributed by atoms with Gasteiger partial charge in [0.1, 0.15) is 0 Å². The average molecular weight is 337 g/mol. The molecule has 5 heteroatoms. The van der Waals surface area contributed by atoms with Crippen LogP contribution in [0.25, 0.3) is 0 Å². The lowest BCUT2D eigenvalue weighted by Gasteiger charge is -2.30. The molecule has 1 aromatic carbocycles. The molecule has 0 amide bonds. The van der Waals surface area contributed by atoms with Crippen LogP contribution in [0.4, 0.5) is 0 Å². The first-order chi connectivity index (χ1) is 11.0. The fourth-order valence-electron chi connectivity index (χ4n) is 3.80. The van der Waals surface area contributed by atoms with E-state index in [0.29, 0.717) is 11.4 Å². The van der Waals surface area contributed by atoms with Gasteiger partial charge in [-0.1, -0.05) is 13.0 Å². The van der Waals surface area contributed by atoms with Gasteiger partial charge in [0.25, 0.3) is 0 Å². The first kappa shape index (κ1) is 16.9. The summed E-state index contributed by atoms with van der Waals surface area (Å²) in [7, 11) is -3.36. The molecule has 128 valence electrons. The lowest BCUT2D eigenvalue weighted by Crippen LogP contribution is -2.36. The summed E-state index contributed by atoms with van der Waals surface area (Å²) in [5.41, 5.74) is 2.51. The Kier molecular flexibility index (Phi) is 5.39. The van der Waals surface area contributed by atoms with Gasteiger partial charge in [-0.2, -0.15) is 0 Å². The first-order valence-electron chi connectivity index (χ1n) is 8.88. The Labute approximate surface area is 140 Å². The first-order valence-corrected chi connectivity index (χ1v) is 10.4. The van der Waals surface area contributed by atoms with Crippen molar-refractivity contribution in [2.75, 3.05) is 26.2 Å². The Morgan fingerprint density at radius 1 is 1.22 bits per heavy atom. The number of benzene rings is 1. The topological polar surface area (TPSA) is 49.4 Å². The van der Waals surface area contributed by atoms with Crippen molar-refractivity contribution in [2.24, 2.45) is 5.92 Å². The molecular weight excluding hydrogens is 308 g/mol. The molecule has 0 radical (unpaired) electrons. The summed E-state index contributed by atoms with van der Waals surface area (Å²) in [4.78, 5) is 2.88. The molecule has 1 aromatic rings. The number of rotatable bonds is 6. The number of nitrogens with one attached hydrogen (secondary N) is 1. The summed E-state index contributed by atoms with van der Waals surface area (Å²) in [6, 6.07) is 5.59. The largest absolute Gasteiger partial charge is 0.303 e. The quantitative estimate of drug-likeness (QED) is 0.812. The smallest absolute Gasteiger partial charge is 0.240 e. The highest BCUT2D eigenvalue weighted by molar-refractivity contribution is 7.89. The molecule has 1 aliphatic carbocycles. The third-order valence-corrected chi connectivity index (χ3v) is 6.52. The number of aryl methyl sites for hydroxylation is 2. The molecule has 1 saturated heterocycles. The minimum Gasteiger partial charge on any atom is -0.303 e. The lowest BCUT2D eigenvalue weighted by atomic mass is 10.0. The van der Waals surface area contributed by atoms with Crippen molar-refractivity contribution in [1.82, 2.24) is 9.62 Å². The molecule has 4 nitrogen and oxygen atoms in total. The molecule has 0 bridgehead atoms. The zero-order valence-electron chi connectivity index (χ0n) is 14.1. The Bertz CT molecular complexity index is 642. The average Bonchev–Trinajstić information content (AvgIpc) is 2.99. The van der Waals surface area contributed by atoms with E-state index in [4.69, 9.17) is 0 Å². The Morgan fingerprint density at radius 2 is 2.04 bits per heavy atom. The molecule has 0 aromatic heterocycles. The number of piperidine rings is 1. The standard InChI is InChI=1S/C18H28N2O2S/c1-15-5-3-11-20(14-15)12-4-10-19-23(21,22)18-9-8-16-6-2-7-17(16)13-18/h8-9,13,15,19H,2-7,10-12,14H2,1H3/t15-/m1/s1. The number of fused-ring (bicyclic) bond motifs is 1. The van der Waals surface area contributed by atoms with E-state index < -0.39 is 10.0 Å². The van der Waals surface area contributed by atoms with Crippen LogP contribution in [0.15, 0.2) is 23.1 Å². The molecule has 0 spiro atoms. The van der Waals surface area contributed by atoms with Crippen molar-refractivity contribution in [1.29, 1.82) is 0 Å². The van der Waals surface area contributed by atoms with E-state index in [1.54, 1.807) is 6.07 Å². The second-order valence-electron chi connectivity index (χ2n) is 7.08. The maximum absolute atomic E-state index is 12.4. The van der Waals surface area contributed by atoms with Gasteiger partial charge >= 0.3 is 0 Å². The maximum atomic E-state index is 12.4. The molecule has 23 heavy (non-hydrogen) atoms. The van der Waals surface area contributed by atoms with Gasteiger partial charge < -0.3 is 4.90 Å². The summed E-state index contributed by atoms with van der Waals surface area (Å²) >= 11 is 0. The van der Waals surface area contributed by atoms with Crippen LogP contribution in [0.3, 0.4) is 0 Å². The molecule has 2 aliphatic rings. The van der Waals surface area contributed by atoms with Gasteiger partial charge in [-0.3, -0.25) is 0 Å². The van der Waals surface area contributed by atoms with Crippen molar-refractivity contribution >= 4 is 10.0 Å². The van der Waals surface area contributed by atoms with Crippen molar-refractivity contribution in [3.05, 3.63) is 29.3 Å². The van der Waals surface area contributed by atoms with Crippen LogP contribution in [0.1, 0.15) is 43.7 Å². The number of likely N-dealkylation sites (tertiary alicyclic amines) is 1. The zero-order chi connectivity index (χ0) is 16.3. The minimum atomic E-state index is -3.36. The predicted octanol–water partition coefficient (Wildman–Crippen LogP) is 2.58. The van der Waals surface area contributed by atoms with Gasteiger partial charge in [-0.15, -0.1) is 0 Å². The number of hydrogen-bond donors (Lipinski definition) is 1. The normalized spacial score (nSPS) is 22.2. The zero-order valence-corrected chi connectivity index (χ0v) is 14.9. The molecule has 0 saturated carbocycles. The Hall–Kier alpha value is -0.910. The van der Waals surface area contributed by atoms with E-state index in [1.807, 2.05) is 12.1 Å². The second-order valence-corrected chi connectivity index (χ2v) is 8.85.